The molecule has 0 bridgehead atoms. The van der Waals surface area contributed by atoms with Crippen LogP contribution in [0.4, 0.5) is 0 Å². The predicted octanol–water partition coefficient (Wildman–Crippen LogP) is 1.78. The number of likely N-dealkylation sites (tertiary alicyclic amines) is 1. The smallest absolute Gasteiger partial charge is 0.277 e. The number of rotatable bonds is 6. The van der Waals surface area contributed by atoms with Crippen molar-refractivity contribution in [1.29, 1.82) is 0 Å². The van der Waals surface area contributed by atoms with Crippen molar-refractivity contribution in [2.75, 3.05) is 26.7 Å². The van der Waals surface area contributed by atoms with Crippen LogP contribution in [-0.2, 0) is 12.8 Å². The Morgan fingerprint density at radius 1 is 1.29 bits per heavy atom. The maximum absolute atomic E-state index is 12.9. The summed E-state index contributed by atoms with van der Waals surface area (Å²) in [6, 6.07) is 0. The molecule has 0 saturated carbocycles. The summed E-state index contributed by atoms with van der Waals surface area (Å²) in [4.78, 5) is 26.9. The van der Waals surface area contributed by atoms with Crippen LogP contribution in [0, 0.1) is 5.92 Å². The molecule has 0 aliphatic carbocycles. The van der Waals surface area contributed by atoms with E-state index in [9.17, 15) is 9.59 Å². The molecule has 0 unspecified atom stereocenters. The highest BCUT2D eigenvalue weighted by molar-refractivity contribution is 5.95. The third-order valence-electron chi connectivity index (χ3n) is 4.78. The summed E-state index contributed by atoms with van der Waals surface area (Å²) in [6.07, 6.45) is 4.54. The number of piperidine rings is 1. The van der Waals surface area contributed by atoms with E-state index in [1.165, 1.54) is 0 Å². The number of aryl methyl sites for hydroxylation is 1. The van der Waals surface area contributed by atoms with Gasteiger partial charge in [-0.2, -0.15) is 5.10 Å². The fourth-order valence-corrected chi connectivity index (χ4v) is 3.35. The summed E-state index contributed by atoms with van der Waals surface area (Å²) < 4.78 is 0. The summed E-state index contributed by atoms with van der Waals surface area (Å²) >= 11 is 0. The molecule has 6 nitrogen and oxygen atoms in total. The molecule has 1 saturated heterocycles. The molecule has 2 heterocycles. The molecule has 0 spiro atoms. The molecule has 1 aromatic rings. The third kappa shape index (κ3) is 4.57. The van der Waals surface area contributed by atoms with Crippen molar-refractivity contribution in [3.8, 4) is 0 Å². The van der Waals surface area contributed by atoms with Crippen molar-refractivity contribution in [2.24, 2.45) is 5.92 Å². The van der Waals surface area contributed by atoms with Crippen molar-refractivity contribution in [3.05, 3.63) is 27.2 Å². The zero-order valence-corrected chi connectivity index (χ0v) is 15.7. The number of amides is 1. The van der Waals surface area contributed by atoms with E-state index in [4.69, 9.17) is 0 Å². The first-order valence-corrected chi connectivity index (χ1v) is 8.66. The number of H-pyrrole nitrogens is 1. The molecule has 136 valence electrons. The highest BCUT2D eigenvalue weighted by atomic mass is 35.5. The number of carbonyl (C=O) groups excluding carboxylic acids is 1. The normalized spacial score (nSPS) is 15.2. The number of nitrogens with zero attached hydrogens (tertiary/aromatic N) is 2. The topological polar surface area (TPSA) is 78.1 Å². The minimum Gasteiger partial charge on any atom is -0.338 e. The third-order valence-corrected chi connectivity index (χ3v) is 4.78. The van der Waals surface area contributed by atoms with Crippen LogP contribution >= 0.6 is 12.4 Å². The quantitative estimate of drug-likeness (QED) is 0.814. The molecule has 0 aromatic carbocycles. The standard InChI is InChI=1S/C17H28N4O2.ClH/c1-4-13-14(5-2)19-20-16(22)15(13)17(23)21-10-7-12(8-11-21)6-9-18-3;/h12,18H,4-11H2,1-3H3,(H,20,22);1H. The number of hydrogen-bond acceptors (Lipinski definition) is 4. The Bertz CT molecular complexity index is 595. The van der Waals surface area contributed by atoms with Gasteiger partial charge in [-0.1, -0.05) is 13.8 Å². The molecular formula is C17H29ClN4O2. The number of nitrogens with one attached hydrogen (secondary N) is 2. The Kier molecular flexibility index (Phi) is 8.42. The first-order chi connectivity index (χ1) is 11.1. The van der Waals surface area contributed by atoms with Crippen molar-refractivity contribution >= 4 is 18.3 Å². The van der Waals surface area contributed by atoms with E-state index in [2.05, 4.69) is 15.5 Å². The van der Waals surface area contributed by atoms with Crippen LogP contribution in [0.5, 0.6) is 0 Å². The molecule has 2 rings (SSSR count). The lowest BCUT2D eigenvalue weighted by Crippen LogP contribution is -2.42. The molecule has 1 aliphatic rings. The lowest BCUT2D eigenvalue weighted by atomic mass is 9.92. The lowest BCUT2D eigenvalue weighted by Gasteiger charge is -2.32. The molecule has 7 heteroatoms. The van der Waals surface area contributed by atoms with Gasteiger partial charge in [0.1, 0.15) is 5.56 Å². The maximum atomic E-state index is 12.9. The molecule has 1 amide bonds. The van der Waals surface area contributed by atoms with Gasteiger partial charge in [0.25, 0.3) is 11.5 Å². The summed E-state index contributed by atoms with van der Waals surface area (Å²) in [5, 5.41) is 9.75. The zero-order valence-electron chi connectivity index (χ0n) is 14.9. The summed E-state index contributed by atoms with van der Waals surface area (Å²) in [6.45, 7) is 6.44. The fraction of sp³-hybridized carbons (Fsp3) is 0.706. The SMILES string of the molecule is CCc1n[nH]c(=O)c(C(=O)N2CCC(CCNC)CC2)c1CC.Cl. The van der Waals surface area contributed by atoms with Gasteiger partial charge in [0.2, 0.25) is 0 Å². The average Bonchev–Trinajstić information content (AvgIpc) is 2.59. The van der Waals surface area contributed by atoms with Gasteiger partial charge in [-0.3, -0.25) is 9.59 Å². The highest BCUT2D eigenvalue weighted by Gasteiger charge is 2.27. The van der Waals surface area contributed by atoms with Crippen LogP contribution in [0.1, 0.15) is 54.7 Å². The monoisotopic (exact) mass is 356 g/mol. The van der Waals surface area contributed by atoms with Gasteiger partial charge in [-0.05, 0) is 57.2 Å². The first kappa shape index (κ1) is 20.6. The van der Waals surface area contributed by atoms with Crippen LogP contribution in [0.2, 0.25) is 0 Å². The number of halogens is 1. The van der Waals surface area contributed by atoms with Crippen molar-refractivity contribution in [3.63, 3.8) is 0 Å². The summed E-state index contributed by atoms with van der Waals surface area (Å²) in [7, 11) is 1.96. The van der Waals surface area contributed by atoms with Crippen molar-refractivity contribution < 1.29 is 4.79 Å². The second kappa shape index (κ2) is 9.79. The minimum absolute atomic E-state index is 0. The van der Waals surface area contributed by atoms with Crippen LogP contribution in [0.15, 0.2) is 4.79 Å². The average molecular weight is 357 g/mol. The Hall–Kier alpha value is -1.40. The summed E-state index contributed by atoms with van der Waals surface area (Å²) in [5.41, 5.74) is 1.56. The Labute approximate surface area is 149 Å². The number of aromatic amines is 1. The Morgan fingerprint density at radius 3 is 2.50 bits per heavy atom. The van der Waals surface area contributed by atoms with E-state index < -0.39 is 0 Å². The first-order valence-electron chi connectivity index (χ1n) is 8.66. The van der Waals surface area contributed by atoms with Crippen LogP contribution < -0.4 is 10.9 Å². The second-order valence-corrected chi connectivity index (χ2v) is 6.19. The molecule has 0 atom stereocenters. The van der Waals surface area contributed by atoms with E-state index in [1.54, 1.807) is 0 Å². The zero-order chi connectivity index (χ0) is 16.8. The summed E-state index contributed by atoms with van der Waals surface area (Å²) in [5.74, 6) is 0.534. The van der Waals surface area contributed by atoms with Gasteiger partial charge < -0.3 is 10.2 Å². The lowest BCUT2D eigenvalue weighted by molar-refractivity contribution is 0.0683. The van der Waals surface area contributed by atoms with Gasteiger partial charge in [0.15, 0.2) is 0 Å². The molecular weight excluding hydrogens is 328 g/mol. The Balaban J connectivity index is 0.00000288. The van der Waals surface area contributed by atoms with Crippen molar-refractivity contribution in [1.82, 2.24) is 20.4 Å². The van der Waals surface area contributed by atoms with Gasteiger partial charge in [0.05, 0.1) is 5.69 Å². The molecule has 0 radical (unpaired) electrons. The molecule has 1 fully saturated rings. The largest absolute Gasteiger partial charge is 0.338 e. The van der Waals surface area contributed by atoms with Gasteiger partial charge in [-0.25, -0.2) is 5.10 Å². The predicted molar refractivity (Wildman–Crippen MR) is 98.0 cm³/mol. The van der Waals surface area contributed by atoms with E-state index in [0.717, 1.165) is 50.2 Å². The Morgan fingerprint density at radius 2 is 1.96 bits per heavy atom. The molecule has 24 heavy (non-hydrogen) atoms. The van der Waals surface area contributed by atoms with Gasteiger partial charge >= 0.3 is 0 Å². The van der Waals surface area contributed by atoms with Crippen LogP contribution in [-0.4, -0.2) is 47.7 Å². The second-order valence-electron chi connectivity index (χ2n) is 6.19. The molecule has 1 aliphatic heterocycles. The van der Waals surface area contributed by atoms with Gasteiger partial charge in [0, 0.05) is 13.1 Å². The molecule has 1 aromatic heterocycles. The van der Waals surface area contributed by atoms with Crippen molar-refractivity contribution in [2.45, 2.75) is 46.0 Å². The van der Waals surface area contributed by atoms with E-state index >= 15 is 0 Å². The molecule has 2 N–H and O–H groups in total. The minimum atomic E-state index is -0.360. The van der Waals surface area contributed by atoms with E-state index in [0.29, 0.717) is 24.3 Å². The number of hydrogen-bond donors (Lipinski definition) is 2. The van der Waals surface area contributed by atoms with E-state index in [1.807, 2.05) is 25.8 Å². The number of aromatic nitrogens is 2. The van der Waals surface area contributed by atoms with E-state index in [-0.39, 0.29) is 23.9 Å². The fourth-order valence-electron chi connectivity index (χ4n) is 3.35. The highest BCUT2D eigenvalue weighted by Crippen LogP contribution is 2.22. The van der Waals surface area contributed by atoms with Crippen LogP contribution in [0.25, 0.3) is 0 Å². The maximum Gasteiger partial charge on any atom is 0.277 e. The van der Waals surface area contributed by atoms with Gasteiger partial charge in [-0.15, -0.1) is 12.4 Å². The number of carbonyl (C=O) groups is 1. The van der Waals surface area contributed by atoms with Crippen LogP contribution in [0.3, 0.4) is 0 Å².